The molecule has 0 spiro atoms. The zero-order valence-electron chi connectivity index (χ0n) is 10.3. The lowest BCUT2D eigenvalue weighted by Crippen LogP contribution is -2.17. The van der Waals surface area contributed by atoms with E-state index in [9.17, 15) is 0 Å². The lowest BCUT2D eigenvalue weighted by Gasteiger charge is -2.07. The van der Waals surface area contributed by atoms with E-state index < -0.39 is 0 Å². The van der Waals surface area contributed by atoms with E-state index in [1.807, 2.05) is 6.92 Å². The molecule has 100 valence electrons. The molecule has 2 rings (SSSR count). The standard InChI is InChI=1S/C13H13Cl2N3O/c1-8(16)4-9-6-17-13(18-7-9)19-10-2-3-11(14)12(15)5-10/h2-3,5-8H,4,16H2,1H3. The molecule has 1 unspecified atom stereocenters. The number of aromatic nitrogens is 2. The van der Waals surface area contributed by atoms with Gasteiger partial charge in [0, 0.05) is 24.5 Å². The number of benzene rings is 1. The number of nitrogens with two attached hydrogens (primary N) is 1. The van der Waals surface area contributed by atoms with Crippen molar-refractivity contribution in [2.24, 2.45) is 5.73 Å². The Morgan fingerprint density at radius 1 is 1.21 bits per heavy atom. The summed E-state index contributed by atoms with van der Waals surface area (Å²) in [5.41, 5.74) is 6.67. The van der Waals surface area contributed by atoms with Crippen LogP contribution in [0.3, 0.4) is 0 Å². The predicted molar refractivity (Wildman–Crippen MR) is 75.9 cm³/mol. The minimum Gasteiger partial charge on any atom is -0.424 e. The summed E-state index contributed by atoms with van der Waals surface area (Å²) in [5, 5.41) is 0.898. The van der Waals surface area contributed by atoms with Crippen molar-refractivity contribution in [3.05, 3.63) is 46.2 Å². The fourth-order valence-electron chi connectivity index (χ4n) is 1.52. The Morgan fingerprint density at radius 2 is 1.89 bits per heavy atom. The molecule has 2 aromatic rings. The van der Waals surface area contributed by atoms with Gasteiger partial charge in [0.2, 0.25) is 0 Å². The van der Waals surface area contributed by atoms with Crippen LogP contribution in [0, 0.1) is 0 Å². The van der Waals surface area contributed by atoms with E-state index in [0.29, 0.717) is 15.8 Å². The molecule has 1 aromatic carbocycles. The van der Waals surface area contributed by atoms with Gasteiger partial charge in [0.15, 0.2) is 0 Å². The number of hydrogen-bond acceptors (Lipinski definition) is 4. The second-order valence-corrected chi connectivity index (χ2v) is 5.05. The number of halogens is 2. The molecule has 0 radical (unpaired) electrons. The highest BCUT2D eigenvalue weighted by atomic mass is 35.5. The third-order valence-electron chi connectivity index (χ3n) is 2.34. The summed E-state index contributed by atoms with van der Waals surface area (Å²) in [7, 11) is 0. The summed E-state index contributed by atoms with van der Waals surface area (Å²) in [6.45, 7) is 1.93. The van der Waals surface area contributed by atoms with Gasteiger partial charge in [0.25, 0.3) is 0 Å². The fourth-order valence-corrected chi connectivity index (χ4v) is 1.81. The first-order valence-electron chi connectivity index (χ1n) is 5.74. The Kier molecular flexibility index (Phi) is 4.58. The monoisotopic (exact) mass is 297 g/mol. The SMILES string of the molecule is CC(N)Cc1cnc(Oc2ccc(Cl)c(Cl)c2)nc1. The van der Waals surface area contributed by atoms with Gasteiger partial charge < -0.3 is 10.5 Å². The summed E-state index contributed by atoms with van der Waals surface area (Å²) in [6, 6.07) is 5.30. The Balaban J connectivity index is 2.08. The third-order valence-corrected chi connectivity index (χ3v) is 3.08. The number of nitrogens with zero attached hydrogens (tertiary/aromatic N) is 2. The zero-order chi connectivity index (χ0) is 13.8. The summed E-state index contributed by atoms with van der Waals surface area (Å²) < 4.78 is 5.48. The van der Waals surface area contributed by atoms with Crippen LogP contribution < -0.4 is 10.5 Å². The van der Waals surface area contributed by atoms with Gasteiger partial charge in [0.1, 0.15) is 5.75 Å². The van der Waals surface area contributed by atoms with Gasteiger partial charge >= 0.3 is 6.01 Å². The summed E-state index contributed by atoms with van der Waals surface area (Å²) >= 11 is 11.7. The third kappa shape index (κ3) is 4.06. The maximum atomic E-state index is 5.90. The van der Waals surface area contributed by atoms with Crippen LogP contribution in [0.15, 0.2) is 30.6 Å². The van der Waals surface area contributed by atoms with Crippen LogP contribution in [0.4, 0.5) is 0 Å². The van der Waals surface area contributed by atoms with Gasteiger partial charge in [0.05, 0.1) is 10.0 Å². The molecule has 0 saturated carbocycles. The second-order valence-electron chi connectivity index (χ2n) is 4.23. The first kappa shape index (κ1) is 14.1. The van der Waals surface area contributed by atoms with Gasteiger partial charge in [-0.05, 0) is 31.0 Å². The van der Waals surface area contributed by atoms with Crippen LogP contribution >= 0.6 is 23.2 Å². The summed E-state index contributed by atoms with van der Waals surface area (Å²) in [6.07, 6.45) is 4.12. The van der Waals surface area contributed by atoms with E-state index in [-0.39, 0.29) is 12.1 Å². The largest absolute Gasteiger partial charge is 0.424 e. The molecule has 0 saturated heterocycles. The lowest BCUT2D eigenvalue weighted by molar-refractivity contribution is 0.441. The number of hydrogen-bond donors (Lipinski definition) is 1. The zero-order valence-corrected chi connectivity index (χ0v) is 11.8. The van der Waals surface area contributed by atoms with Crippen LogP contribution in [0.1, 0.15) is 12.5 Å². The van der Waals surface area contributed by atoms with Gasteiger partial charge in [-0.15, -0.1) is 0 Å². The smallest absolute Gasteiger partial charge is 0.321 e. The van der Waals surface area contributed by atoms with E-state index >= 15 is 0 Å². The molecular weight excluding hydrogens is 285 g/mol. The maximum absolute atomic E-state index is 5.90. The lowest BCUT2D eigenvalue weighted by atomic mass is 10.1. The average molecular weight is 298 g/mol. The molecule has 19 heavy (non-hydrogen) atoms. The van der Waals surface area contributed by atoms with Gasteiger partial charge in [-0.2, -0.15) is 0 Å². The van der Waals surface area contributed by atoms with Crippen molar-refractivity contribution < 1.29 is 4.74 Å². The molecule has 1 atom stereocenters. The Bertz CT molecular complexity index is 558. The van der Waals surface area contributed by atoms with Crippen molar-refractivity contribution in [2.45, 2.75) is 19.4 Å². The maximum Gasteiger partial charge on any atom is 0.321 e. The topological polar surface area (TPSA) is 61.0 Å². The Hall–Kier alpha value is -1.36. The Labute approximate surface area is 121 Å². The van der Waals surface area contributed by atoms with Gasteiger partial charge in [-0.25, -0.2) is 9.97 Å². The quantitative estimate of drug-likeness (QED) is 0.939. The molecule has 6 heteroatoms. The first-order chi connectivity index (χ1) is 9.04. The van der Waals surface area contributed by atoms with E-state index in [4.69, 9.17) is 33.7 Å². The van der Waals surface area contributed by atoms with Crippen molar-refractivity contribution in [1.82, 2.24) is 9.97 Å². The van der Waals surface area contributed by atoms with E-state index in [1.54, 1.807) is 30.6 Å². The second kappa shape index (κ2) is 6.19. The van der Waals surface area contributed by atoms with Crippen molar-refractivity contribution in [3.8, 4) is 11.8 Å². The summed E-state index contributed by atoms with van der Waals surface area (Å²) in [5.74, 6) is 0.536. The molecular formula is C13H13Cl2N3O. The minimum absolute atomic E-state index is 0.0745. The predicted octanol–water partition coefficient (Wildman–Crippen LogP) is 3.47. The average Bonchev–Trinajstić information content (AvgIpc) is 2.36. The fraction of sp³-hybridized carbons (Fsp3) is 0.231. The van der Waals surface area contributed by atoms with Crippen molar-refractivity contribution in [3.63, 3.8) is 0 Å². The highest BCUT2D eigenvalue weighted by molar-refractivity contribution is 6.42. The van der Waals surface area contributed by atoms with E-state index in [0.717, 1.165) is 12.0 Å². The molecule has 0 aliphatic rings. The van der Waals surface area contributed by atoms with Crippen LogP contribution in [-0.2, 0) is 6.42 Å². The van der Waals surface area contributed by atoms with Crippen molar-refractivity contribution in [2.75, 3.05) is 0 Å². The van der Waals surface area contributed by atoms with Gasteiger partial charge in [-0.1, -0.05) is 23.2 Å². The molecule has 1 aromatic heterocycles. The van der Waals surface area contributed by atoms with E-state index in [2.05, 4.69) is 9.97 Å². The Morgan fingerprint density at radius 3 is 2.47 bits per heavy atom. The molecule has 4 nitrogen and oxygen atoms in total. The van der Waals surface area contributed by atoms with Crippen molar-refractivity contribution in [1.29, 1.82) is 0 Å². The van der Waals surface area contributed by atoms with Crippen molar-refractivity contribution >= 4 is 23.2 Å². The minimum atomic E-state index is 0.0745. The van der Waals surface area contributed by atoms with E-state index in [1.165, 1.54) is 0 Å². The first-order valence-corrected chi connectivity index (χ1v) is 6.49. The highest BCUT2D eigenvalue weighted by Crippen LogP contribution is 2.28. The van der Waals surface area contributed by atoms with Crippen LogP contribution in [-0.4, -0.2) is 16.0 Å². The molecule has 1 heterocycles. The van der Waals surface area contributed by atoms with Gasteiger partial charge in [-0.3, -0.25) is 0 Å². The summed E-state index contributed by atoms with van der Waals surface area (Å²) in [4.78, 5) is 8.23. The van der Waals surface area contributed by atoms with Crippen LogP contribution in [0.25, 0.3) is 0 Å². The highest BCUT2D eigenvalue weighted by Gasteiger charge is 2.05. The molecule has 0 fully saturated rings. The molecule has 0 bridgehead atoms. The molecule has 0 aliphatic heterocycles. The molecule has 0 amide bonds. The number of rotatable bonds is 4. The van der Waals surface area contributed by atoms with Crippen LogP contribution in [0.5, 0.6) is 11.8 Å². The van der Waals surface area contributed by atoms with Crippen LogP contribution in [0.2, 0.25) is 10.0 Å². The molecule has 2 N–H and O–H groups in total. The normalized spacial score (nSPS) is 12.2. The molecule has 0 aliphatic carbocycles. The number of ether oxygens (including phenoxy) is 1.